The average Bonchev–Trinajstić information content (AvgIpc) is 2.45. The molecule has 4 nitrogen and oxygen atoms in total. The number of rotatable bonds is 5. The van der Waals surface area contributed by atoms with E-state index in [-0.39, 0.29) is 0 Å². The van der Waals surface area contributed by atoms with E-state index in [0.717, 1.165) is 0 Å². The zero-order valence-electron chi connectivity index (χ0n) is 11.2. The molecule has 1 heterocycles. The van der Waals surface area contributed by atoms with E-state index in [0.29, 0.717) is 28.7 Å². The van der Waals surface area contributed by atoms with E-state index in [1.54, 1.807) is 18.3 Å². The standard InChI is InChI=1S/C14H15ClFN3O/c1-3-17-12(10-5-4-9(15)8-11(10)16)13-14(20-2)19-7-6-18-13/h4-8,12,17H,3H2,1-2H3. The molecule has 20 heavy (non-hydrogen) atoms. The fourth-order valence-corrected chi connectivity index (χ4v) is 2.14. The summed E-state index contributed by atoms with van der Waals surface area (Å²) in [6, 6.07) is 4.12. The summed E-state index contributed by atoms with van der Waals surface area (Å²) in [5.74, 6) is -0.0241. The molecule has 0 bridgehead atoms. The van der Waals surface area contributed by atoms with Crippen LogP contribution in [-0.4, -0.2) is 23.6 Å². The van der Waals surface area contributed by atoms with Gasteiger partial charge in [-0.05, 0) is 18.7 Å². The van der Waals surface area contributed by atoms with Crippen molar-refractivity contribution in [1.82, 2.24) is 15.3 Å². The molecule has 0 amide bonds. The SMILES string of the molecule is CCNC(c1ccc(Cl)cc1F)c1nccnc1OC. The molecule has 0 aliphatic carbocycles. The second-order valence-corrected chi connectivity index (χ2v) is 4.54. The minimum absolute atomic E-state index is 0.354. The second-order valence-electron chi connectivity index (χ2n) is 4.11. The lowest BCUT2D eigenvalue weighted by Crippen LogP contribution is -2.24. The van der Waals surface area contributed by atoms with Crippen molar-refractivity contribution in [3.05, 3.63) is 52.7 Å². The number of ether oxygens (including phenoxy) is 1. The van der Waals surface area contributed by atoms with Gasteiger partial charge in [0.1, 0.15) is 11.5 Å². The summed E-state index contributed by atoms with van der Waals surface area (Å²) in [4.78, 5) is 8.36. The second kappa shape index (κ2) is 6.63. The first-order chi connectivity index (χ1) is 9.67. The molecule has 0 saturated carbocycles. The fourth-order valence-electron chi connectivity index (χ4n) is 1.98. The molecule has 0 fully saturated rings. The van der Waals surface area contributed by atoms with Crippen molar-refractivity contribution >= 4 is 11.6 Å². The highest BCUT2D eigenvalue weighted by Gasteiger charge is 2.22. The summed E-state index contributed by atoms with van der Waals surface area (Å²) >= 11 is 5.79. The molecule has 2 rings (SSSR count). The summed E-state index contributed by atoms with van der Waals surface area (Å²) in [5, 5.41) is 3.54. The lowest BCUT2D eigenvalue weighted by atomic mass is 10.0. The molecular formula is C14H15ClFN3O. The lowest BCUT2D eigenvalue weighted by Gasteiger charge is -2.19. The van der Waals surface area contributed by atoms with Crippen molar-refractivity contribution < 1.29 is 9.13 Å². The van der Waals surface area contributed by atoms with E-state index < -0.39 is 11.9 Å². The Hall–Kier alpha value is -1.72. The molecule has 1 N–H and O–H groups in total. The van der Waals surface area contributed by atoms with Gasteiger partial charge >= 0.3 is 0 Å². The highest BCUT2D eigenvalue weighted by atomic mass is 35.5. The summed E-state index contributed by atoms with van der Waals surface area (Å²) in [6.07, 6.45) is 3.08. The minimum Gasteiger partial charge on any atom is -0.480 e. The third kappa shape index (κ3) is 3.05. The number of benzene rings is 1. The van der Waals surface area contributed by atoms with Gasteiger partial charge in [0.2, 0.25) is 5.88 Å². The van der Waals surface area contributed by atoms with E-state index in [1.165, 1.54) is 19.4 Å². The maximum Gasteiger partial charge on any atom is 0.237 e. The van der Waals surface area contributed by atoms with E-state index in [2.05, 4.69) is 15.3 Å². The highest BCUT2D eigenvalue weighted by molar-refractivity contribution is 6.30. The van der Waals surface area contributed by atoms with E-state index >= 15 is 0 Å². The van der Waals surface area contributed by atoms with Crippen LogP contribution in [0.4, 0.5) is 4.39 Å². The predicted molar refractivity (Wildman–Crippen MR) is 75.5 cm³/mol. The molecular weight excluding hydrogens is 281 g/mol. The zero-order valence-corrected chi connectivity index (χ0v) is 12.0. The normalized spacial score (nSPS) is 12.2. The molecule has 1 atom stereocenters. The van der Waals surface area contributed by atoms with Gasteiger partial charge in [0.15, 0.2) is 0 Å². The Morgan fingerprint density at radius 1 is 1.35 bits per heavy atom. The fraction of sp³-hybridized carbons (Fsp3) is 0.286. The van der Waals surface area contributed by atoms with Crippen molar-refractivity contribution in [3.63, 3.8) is 0 Å². The molecule has 0 aliphatic rings. The zero-order chi connectivity index (χ0) is 14.5. The molecule has 0 aliphatic heterocycles. The van der Waals surface area contributed by atoms with Crippen molar-refractivity contribution in [2.75, 3.05) is 13.7 Å². The molecule has 0 spiro atoms. The quantitative estimate of drug-likeness (QED) is 0.921. The molecule has 0 saturated heterocycles. The Balaban J connectivity index is 2.50. The molecule has 2 aromatic rings. The molecule has 106 valence electrons. The molecule has 0 radical (unpaired) electrons. The smallest absolute Gasteiger partial charge is 0.237 e. The maximum absolute atomic E-state index is 14.1. The van der Waals surface area contributed by atoms with Crippen LogP contribution in [0.2, 0.25) is 5.02 Å². The van der Waals surface area contributed by atoms with Gasteiger partial charge in [-0.2, -0.15) is 0 Å². The van der Waals surface area contributed by atoms with Gasteiger partial charge in [0.25, 0.3) is 0 Å². The van der Waals surface area contributed by atoms with Crippen LogP contribution in [0.1, 0.15) is 24.2 Å². The van der Waals surface area contributed by atoms with Gasteiger partial charge in [0, 0.05) is 23.0 Å². The van der Waals surface area contributed by atoms with E-state index in [9.17, 15) is 4.39 Å². The van der Waals surface area contributed by atoms with Crippen LogP contribution in [0.25, 0.3) is 0 Å². The molecule has 6 heteroatoms. The van der Waals surface area contributed by atoms with Gasteiger partial charge in [-0.3, -0.25) is 4.98 Å². The van der Waals surface area contributed by atoms with Crippen molar-refractivity contribution in [1.29, 1.82) is 0 Å². The van der Waals surface area contributed by atoms with Gasteiger partial charge in [-0.1, -0.05) is 24.6 Å². The van der Waals surface area contributed by atoms with Crippen molar-refractivity contribution in [2.24, 2.45) is 0 Å². The summed E-state index contributed by atoms with van der Waals surface area (Å²) in [5.41, 5.74) is 0.994. The van der Waals surface area contributed by atoms with Crippen LogP contribution in [0.5, 0.6) is 5.88 Å². The summed E-state index contributed by atoms with van der Waals surface area (Å²) in [6.45, 7) is 2.58. The largest absolute Gasteiger partial charge is 0.480 e. The monoisotopic (exact) mass is 295 g/mol. The van der Waals surface area contributed by atoms with Crippen LogP contribution in [-0.2, 0) is 0 Å². The molecule has 1 aromatic heterocycles. The number of halogens is 2. The van der Waals surface area contributed by atoms with Crippen LogP contribution in [0.3, 0.4) is 0 Å². The first kappa shape index (κ1) is 14.7. The Kier molecular flexibility index (Phi) is 4.87. The first-order valence-electron chi connectivity index (χ1n) is 6.20. The van der Waals surface area contributed by atoms with Crippen LogP contribution < -0.4 is 10.1 Å². The summed E-state index contributed by atoms with van der Waals surface area (Å²) < 4.78 is 19.3. The number of aromatic nitrogens is 2. The molecule has 1 unspecified atom stereocenters. The number of hydrogen-bond acceptors (Lipinski definition) is 4. The van der Waals surface area contributed by atoms with Crippen LogP contribution in [0.15, 0.2) is 30.6 Å². The average molecular weight is 296 g/mol. The van der Waals surface area contributed by atoms with E-state index in [4.69, 9.17) is 16.3 Å². The highest BCUT2D eigenvalue weighted by Crippen LogP contribution is 2.29. The lowest BCUT2D eigenvalue weighted by molar-refractivity contribution is 0.382. The third-order valence-corrected chi connectivity index (χ3v) is 3.07. The number of hydrogen-bond donors (Lipinski definition) is 1. The van der Waals surface area contributed by atoms with Gasteiger partial charge in [-0.15, -0.1) is 0 Å². The predicted octanol–water partition coefficient (Wildman–Crippen LogP) is 2.98. The van der Waals surface area contributed by atoms with Gasteiger partial charge in [-0.25, -0.2) is 9.37 Å². The Morgan fingerprint density at radius 2 is 2.10 bits per heavy atom. The van der Waals surface area contributed by atoms with Crippen LogP contribution in [0, 0.1) is 5.82 Å². The Morgan fingerprint density at radius 3 is 2.75 bits per heavy atom. The number of nitrogens with zero attached hydrogens (tertiary/aromatic N) is 2. The van der Waals surface area contributed by atoms with E-state index in [1.807, 2.05) is 6.92 Å². The van der Waals surface area contributed by atoms with Crippen LogP contribution >= 0.6 is 11.6 Å². The maximum atomic E-state index is 14.1. The van der Waals surface area contributed by atoms with Crippen molar-refractivity contribution in [2.45, 2.75) is 13.0 Å². The summed E-state index contributed by atoms with van der Waals surface area (Å²) in [7, 11) is 1.51. The Bertz CT molecular complexity index is 594. The van der Waals surface area contributed by atoms with Crippen molar-refractivity contribution in [3.8, 4) is 5.88 Å². The number of nitrogens with one attached hydrogen (secondary N) is 1. The minimum atomic E-state index is -0.444. The van der Waals surface area contributed by atoms with Gasteiger partial charge < -0.3 is 10.1 Å². The van der Waals surface area contributed by atoms with Gasteiger partial charge in [0.05, 0.1) is 13.2 Å². The number of methoxy groups -OCH3 is 1. The third-order valence-electron chi connectivity index (χ3n) is 2.84. The molecule has 1 aromatic carbocycles. The first-order valence-corrected chi connectivity index (χ1v) is 6.58. The Labute approximate surface area is 122 Å². The topological polar surface area (TPSA) is 47.0 Å².